The summed E-state index contributed by atoms with van der Waals surface area (Å²) in [5, 5.41) is 32.9. The quantitative estimate of drug-likeness (QED) is 0.385. The van der Waals surface area contributed by atoms with Gasteiger partial charge in [-0.15, -0.1) is 0 Å². The van der Waals surface area contributed by atoms with Crippen molar-refractivity contribution in [1.82, 2.24) is 5.01 Å². The molecule has 10 heteroatoms. The number of hydrazone groups is 1. The van der Waals surface area contributed by atoms with Crippen LogP contribution in [0.5, 0.6) is 5.75 Å². The fourth-order valence-electron chi connectivity index (χ4n) is 1.63. The lowest BCUT2D eigenvalue weighted by Crippen LogP contribution is -2.30. The Balaban J connectivity index is 3.00. The van der Waals surface area contributed by atoms with E-state index in [1.807, 2.05) is 0 Å². The molecule has 0 fully saturated rings. The van der Waals surface area contributed by atoms with Gasteiger partial charge in [0.25, 0.3) is 0 Å². The van der Waals surface area contributed by atoms with Crippen LogP contribution in [-0.4, -0.2) is 58.0 Å². The van der Waals surface area contributed by atoms with Gasteiger partial charge in [-0.25, -0.2) is 0 Å². The molecule has 0 aliphatic rings. The Hall–Kier alpha value is -3.17. The summed E-state index contributed by atoms with van der Waals surface area (Å²) < 4.78 is 5.13. The molecule has 0 radical (unpaired) electrons. The molecule has 0 saturated heterocycles. The average Bonchev–Trinajstić information content (AvgIpc) is 2.44. The van der Waals surface area contributed by atoms with Gasteiger partial charge in [-0.3, -0.25) is 24.7 Å². The number of nitrogens with zero attached hydrogens (tertiary/aromatic N) is 3. The van der Waals surface area contributed by atoms with E-state index < -0.39 is 30.0 Å². The molecule has 10 nitrogen and oxygen atoms in total. The molecule has 124 valence electrons. The third-order valence-corrected chi connectivity index (χ3v) is 2.49. The van der Waals surface area contributed by atoms with Gasteiger partial charge in [-0.2, -0.15) is 5.10 Å². The second-order valence-electron chi connectivity index (χ2n) is 4.27. The Bertz CT molecular complexity index is 614. The van der Waals surface area contributed by atoms with E-state index in [0.29, 0.717) is 5.56 Å². The van der Waals surface area contributed by atoms with Crippen molar-refractivity contribution in [2.24, 2.45) is 5.10 Å². The van der Waals surface area contributed by atoms with Crippen LogP contribution in [0, 0.1) is 10.1 Å². The van der Waals surface area contributed by atoms with Crippen molar-refractivity contribution in [3.8, 4) is 5.75 Å². The molecule has 0 aliphatic carbocycles. The number of rotatable bonds is 9. The highest BCUT2D eigenvalue weighted by atomic mass is 16.6. The van der Waals surface area contributed by atoms with Crippen molar-refractivity contribution < 1.29 is 29.5 Å². The molecular weight excluding hydrogens is 310 g/mol. The number of hydrogen-bond acceptors (Lipinski definition) is 7. The highest BCUT2D eigenvalue weighted by molar-refractivity contribution is 5.82. The summed E-state index contributed by atoms with van der Waals surface area (Å²) in [5.74, 6) is -2.40. The Morgan fingerprint density at radius 2 is 1.96 bits per heavy atom. The van der Waals surface area contributed by atoms with Crippen molar-refractivity contribution in [3.05, 3.63) is 33.9 Å². The first-order chi connectivity index (χ1) is 10.8. The van der Waals surface area contributed by atoms with Crippen LogP contribution < -0.4 is 4.74 Å². The van der Waals surface area contributed by atoms with Crippen molar-refractivity contribution in [2.75, 3.05) is 19.7 Å². The number of benzene rings is 1. The lowest BCUT2D eigenvalue weighted by Gasteiger charge is -2.13. The topological polar surface area (TPSA) is 143 Å². The number of carboxylic acids is 2. The summed E-state index contributed by atoms with van der Waals surface area (Å²) >= 11 is 0. The summed E-state index contributed by atoms with van der Waals surface area (Å²) in [7, 11) is 0. The maximum Gasteiger partial charge on any atom is 0.324 e. The smallest absolute Gasteiger partial charge is 0.324 e. The van der Waals surface area contributed by atoms with Gasteiger partial charge in [0.05, 0.1) is 17.7 Å². The van der Waals surface area contributed by atoms with Gasteiger partial charge < -0.3 is 14.9 Å². The second kappa shape index (κ2) is 8.32. The van der Waals surface area contributed by atoms with Crippen LogP contribution in [-0.2, 0) is 9.59 Å². The van der Waals surface area contributed by atoms with Gasteiger partial charge in [0.15, 0.2) is 5.75 Å². The number of nitro benzene ring substituents is 1. The first-order valence-electron chi connectivity index (χ1n) is 6.47. The van der Waals surface area contributed by atoms with Crippen LogP contribution in [0.1, 0.15) is 12.5 Å². The number of carboxylic acid groups (broad SMARTS) is 2. The van der Waals surface area contributed by atoms with E-state index in [1.54, 1.807) is 6.92 Å². The van der Waals surface area contributed by atoms with E-state index in [-0.39, 0.29) is 18.0 Å². The average molecular weight is 325 g/mol. The lowest BCUT2D eigenvalue weighted by atomic mass is 10.2. The third kappa shape index (κ3) is 5.99. The molecule has 0 heterocycles. The predicted molar refractivity (Wildman–Crippen MR) is 78.7 cm³/mol. The molecule has 0 bridgehead atoms. The maximum atomic E-state index is 11.0. The van der Waals surface area contributed by atoms with Gasteiger partial charge in [-0.05, 0) is 19.1 Å². The molecule has 0 amide bonds. The van der Waals surface area contributed by atoms with Crippen molar-refractivity contribution >= 4 is 23.8 Å². The van der Waals surface area contributed by atoms with Crippen molar-refractivity contribution in [1.29, 1.82) is 0 Å². The normalized spacial score (nSPS) is 10.5. The van der Waals surface area contributed by atoms with Gasteiger partial charge in [-0.1, -0.05) is 0 Å². The van der Waals surface area contributed by atoms with Gasteiger partial charge in [0, 0.05) is 11.6 Å². The van der Waals surface area contributed by atoms with Crippen LogP contribution >= 0.6 is 0 Å². The van der Waals surface area contributed by atoms with Gasteiger partial charge in [0.1, 0.15) is 13.1 Å². The summed E-state index contributed by atoms with van der Waals surface area (Å²) in [6.45, 7) is 0.734. The van der Waals surface area contributed by atoms with Crippen LogP contribution in [0.2, 0.25) is 0 Å². The minimum absolute atomic E-state index is 0.0996. The molecule has 1 aromatic rings. The second-order valence-corrected chi connectivity index (χ2v) is 4.27. The van der Waals surface area contributed by atoms with Crippen LogP contribution in [0.3, 0.4) is 0 Å². The third-order valence-electron chi connectivity index (χ3n) is 2.49. The fourth-order valence-corrected chi connectivity index (χ4v) is 1.63. The van der Waals surface area contributed by atoms with E-state index in [0.717, 1.165) is 11.2 Å². The zero-order valence-corrected chi connectivity index (χ0v) is 12.2. The minimum Gasteiger partial charge on any atom is -0.487 e. The monoisotopic (exact) mass is 325 g/mol. The first kappa shape index (κ1) is 17.9. The molecule has 2 N–H and O–H groups in total. The Morgan fingerprint density at radius 1 is 1.35 bits per heavy atom. The van der Waals surface area contributed by atoms with Crippen LogP contribution in [0.4, 0.5) is 5.69 Å². The minimum atomic E-state index is -1.25. The molecule has 0 atom stereocenters. The molecular formula is C13H15N3O7. The van der Waals surface area contributed by atoms with Crippen molar-refractivity contribution in [3.63, 3.8) is 0 Å². The molecule has 1 aromatic carbocycles. The van der Waals surface area contributed by atoms with Crippen LogP contribution in [0.15, 0.2) is 23.3 Å². The fraction of sp³-hybridized carbons (Fsp3) is 0.308. The Morgan fingerprint density at radius 3 is 2.43 bits per heavy atom. The summed E-state index contributed by atoms with van der Waals surface area (Å²) in [4.78, 5) is 31.7. The predicted octanol–water partition coefficient (Wildman–Crippen LogP) is 0.799. The van der Waals surface area contributed by atoms with Gasteiger partial charge >= 0.3 is 17.6 Å². The number of aliphatic carboxylic acids is 2. The van der Waals surface area contributed by atoms with Gasteiger partial charge in [0.2, 0.25) is 0 Å². The van der Waals surface area contributed by atoms with Crippen molar-refractivity contribution in [2.45, 2.75) is 6.92 Å². The van der Waals surface area contributed by atoms with Crippen LogP contribution in [0.25, 0.3) is 0 Å². The standard InChI is InChI=1S/C13H15N3O7/c1-2-23-11-4-3-9(5-10(11)16(21)22)6-14-15(7-12(17)18)8-13(19)20/h3-6H,2,7-8H2,1H3,(H,17,18)(H,19,20)/b14-6-. The highest BCUT2D eigenvalue weighted by Crippen LogP contribution is 2.27. The molecule has 0 aromatic heterocycles. The zero-order chi connectivity index (χ0) is 17.4. The largest absolute Gasteiger partial charge is 0.487 e. The Kier molecular flexibility index (Phi) is 6.46. The molecule has 0 unspecified atom stereocenters. The highest BCUT2D eigenvalue weighted by Gasteiger charge is 2.15. The molecule has 0 aliphatic heterocycles. The lowest BCUT2D eigenvalue weighted by molar-refractivity contribution is -0.385. The number of nitro groups is 1. The Labute approximate surface area is 130 Å². The van der Waals surface area contributed by atoms with E-state index in [1.165, 1.54) is 18.2 Å². The summed E-state index contributed by atoms with van der Waals surface area (Å²) in [6, 6.07) is 4.08. The van der Waals surface area contributed by atoms with E-state index in [2.05, 4.69) is 5.10 Å². The van der Waals surface area contributed by atoms with E-state index in [4.69, 9.17) is 14.9 Å². The first-order valence-corrected chi connectivity index (χ1v) is 6.47. The molecule has 1 rings (SSSR count). The summed E-state index contributed by atoms with van der Waals surface area (Å²) in [5.41, 5.74) is 0.0414. The molecule has 23 heavy (non-hydrogen) atoms. The number of ether oxygens (including phenoxy) is 1. The number of carbonyl (C=O) groups is 2. The number of hydrogen-bond donors (Lipinski definition) is 2. The molecule has 0 saturated carbocycles. The summed E-state index contributed by atoms with van der Waals surface area (Å²) in [6.07, 6.45) is 1.15. The zero-order valence-electron chi connectivity index (χ0n) is 12.2. The molecule has 0 spiro atoms. The van der Waals surface area contributed by atoms with E-state index in [9.17, 15) is 19.7 Å². The maximum absolute atomic E-state index is 11.0. The van der Waals surface area contributed by atoms with E-state index >= 15 is 0 Å². The SMILES string of the molecule is CCOc1ccc(/C=N\N(CC(=O)O)CC(=O)O)cc1[N+](=O)[O-].